The normalized spacial score (nSPS) is 15.5. The minimum atomic E-state index is -1.05. The molecule has 0 unspecified atom stereocenters. The molecule has 2 aromatic carbocycles. The third-order valence-electron chi connectivity index (χ3n) is 4.63. The molecule has 11 heteroatoms. The summed E-state index contributed by atoms with van der Waals surface area (Å²) in [5.74, 6) is -3.32. The Labute approximate surface area is 187 Å². The van der Waals surface area contributed by atoms with Crippen LogP contribution < -0.4 is 15.8 Å². The minimum Gasteiger partial charge on any atom is -0.465 e. The van der Waals surface area contributed by atoms with E-state index in [-0.39, 0.29) is 23.2 Å². The van der Waals surface area contributed by atoms with E-state index in [9.17, 15) is 24.0 Å². The maximum atomic E-state index is 12.9. The molecule has 1 aliphatic heterocycles. The first-order chi connectivity index (χ1) is 15.2. The fourth-order valence-corrected chi connectivity index (χ4v) is 3.18. The predicted molar refractivity (Wildman–Crippen MR) is 112 cm³/mol. The molecule has 2 aromatic rings. The molecule has 2 N–H and O–H groups in total. The van der Waals surface area contributed by atoms with Crippen molar-refractivity contribution < 1.29 is 33.4 Å². The van der Waals surface area contributed by atoms with Gasteiger partial charge in [0.2, 0.25) is 5.91 Å². The Hall–Kier alpha value is -3.76. The lowest BCUT2D eigenvalue weighted by Crippen LogP contribution is -2.48. The number of halogens is 1. The molecule has 3 amide bonds. The number of hydrogen-bond donors (Lipinski definition) is 2. The smallest absolute Gasteiger partial charge is 0.337 e. The van der Waals surface area contributed by atoms with Crippen molar-refractivity contribution in [2.24, 2.45) is 0 Å². The van der Waals surface area contributed by atoms with E-state index in [2.05, 4.69) is 20.3 Å². The summed E-state index contributed by atoms with van der Waals surface area (Å²) in [7, 11) is 2.31. The Morgan fingerprint density at radius 1 is 0.938 bits per heavy atom. The van der Waals surface area contributed by atoms with Gasteiger partial charge in [0.1, 0.15) is 6.04 Å². The second kappa shape index (κ2) is 9.58. The molecule has 1 aliphatic rings. The van der Waals surface area contributed by atoms with E-state index in [1.54, 1.807) is 0 Å². The molecule has 0 aromatic heterocycles. The summed E-state index contributed by atoms with van der Waals surface area (Å²) in [6.45, 7) is 0. The SMILES string of the molecule is COC(=O)c1cc(C(=O)OC)cc(N2C(=O)C[C@H](NNC(=O)c3ccc(Cl)cc3)C2=O)c1. The lowest BCUT2D eigenvalue weighted by molar-refractivity contribution is -0.121. The molecule has 3 rings (SSSR count). The average Bonchev–Trinajstić information content (AvgIpc) is 3.09. The quantitative estimate of drug-likeness (QED) is 0.377. The topological polar surface area (TPSA) is 131 Å². The number of nitrogens with one attached hydrogen (secondary N) is 2. The Morgan fingerprint density at radius 3 is 2.03 bits per heavy atom. The molecule has 1 atom stereocenters. The van der Waals surface area contributed by atoms with Gasteiger partial charge in [-0.1, -0.05) is 11.6 Å². The Bertz CT molecular complexity index is 1070. The molecule has 0 spiro atoms. The Balaban J connectivity index is 1.80. The van der Waals surface area contributed by atoms with Gasteiger partial charge in [-0.3, -0.25) is 19.8 Å². The van der Waals surface area contributed by atoms with Crippen LogP contribution in [0.15, 0.2) is 42.5 Å². The van der Waals surface area contributed by atoms with Gasteiger partial charge >= 0.3 is 11.9 Å². The van der Waals surface area contributed by atoms with Crippen molar-refractivity contribution in [3.05, 3.63) is 64.2 Å². The molecule has 1 saturated heterocycles. The molecule has 0 saturated carbocycles. The highest BCUT2D eigenvalue weighted by Gasteiger charge is 2.40. The number of rotatable bonds is 6. The standard InChI is InChI=1S/C21H18ClN3O7/c1-31-20(29)12-7-13(21(30)32-2)9-15(8-12)25-17(26)10-16(19(25)28)23-24-18(27)11-3-5-14(22)6-4-11/h3-9,16,23H,10H2,1-2H3,(H,24,27)/t16-/m0/s1. The van der Waals surface area contributed by atoms with Crippen molar-refractivity contribution in [3.8, 4) is 0 Å². The van der Waals surface area contributed by atoms with Crippen molar-refractivity contribution in [2.75, 3.05) is 19.1 Å². The zero-order chi connectivity index (χ0) is 23.4. The molecule has 166 valence electrons. The van der Waals surface area contributed by atoms with Crippen LogP contribution in [0.2, 0.25) is 5.02 Å². The number of carbonyl (C=O) groups excluding carboxylic acids is 5. The van der Waals surface area contributed by atoms with Crippen LogP contribution in [0.5, 0.6) is 0 Å². The maximum absolute atomic E-state index is 12.9. The third-order valence-corrected chi connectivity index (χ3v) is 4.88. The van der Waals surface area contributed by atoms with E-state index >= 15 is 0 Å². The van der Waals surface area contributed by atoms with Gasteiger partial charge in [-0.2, -0.15) is 0 Å². The minimum absolute atomic E-state index is 0.00312. The van der Waals surface area contributed by atoms with Crippen molar-refractivity contribution in [3.63, 3.8) is 0 Å². The van der Waals surface area contributed by atoms with Crippen LogP contribution in [-0.4, -0.2) is 49.9 Å². The zero-order valence-corrected chi connectivity index (χ0v) is 17.8. The van der Waals surface area contributed by atoms with E-state index in [0.29, 0.717) is 10.6 Å². The molecular weight excluding hydrogens is 442 g/mol. The summed E-state index contributed by atoms with van der Waals surface area (Å²) < 4.78 is 9.33. The first-order valence-corrected chi connectivity index (χ1v) is 9.63. The molecule has 1 fully saturated rings. The van der Waals surface area contributed by atoms with Crippen molar-refractivity contribution >= 4 is 46.9 Å². The Kier molecular flexibility index (Phi) is 6.86. The van der Waals surface area contributed by atoms with E-state index in [4.69, 9.17) is 11.6 Å². The fourth-order valence-electron chi connectivity index (χ4n) is 3.05. The average molecular weight is 460 g/mol. The summed E-state index contributed by atoms with van der Waals surface area (Å²) in [4.78, 5) is 62.4. The van der Waals surface area contributed by atoms with E-state index in [1.165, 1.54) is 42.5 Å². The van der Waals surface area contributed by atoms with Crippen molar-refractivity contribution in [2.45, 2.75) is 12.5 Å². The molecular formula is C21H18ClN3O7. The maximum Gasteiger partial charge on any atom is 0.337 e. The number of esters is 2. The van der Waals surface area contributed by atoms with Crippen LogP contribution >= 0.6 is 11.6 Å². The van der Waals surface area contributed by atoms with Gasteiger partial charge in [-0.15, -0.1) is 0 Å². The number of ether oxygens (including phenoxy) is 2. The fraction of sp³-hybridized carbons (Fsp3) is 0.190. The highest BCUT2D eigenvalue weighted by atomic mass is 35.5. The van der Waals surface area contributed by atoms with Crippen LogP contribution in [0.25, 0.3) is 0 Å². The highest BCUT2D eigenvalue weighted by molar-refractivity contribution is 6.30. The largest absolute Gasteiger partial charge is 0.465 e. The number of imide groups is 1. The number of hydrazine groups is 1. The van der Waals surface area contributed by atoms with Crippen LogP contribution in [0, 0.1) is 0 Å². The monoisotopic (exact) mass is 459 g/mol. The van der Waals surface area contributed by atoms with Gasteiger partial charge in [-0.05, 0) is 42.5 Å². The number of amides is 3. The van der Waals surface area contributed by atoms with Crippen LogP contribution in [0.1, 0.15) is 37.5 Å². The van der Waals surface area contributed by atoms with Gasteiger partial charge in [0.15, 0.2) is 0 Å². The number of anilines is 1. The van der Waals surface area contributed by atoms with Crippen molar-refractivity contribution in [1.29, 1.82) is 0 Å². The van der Waals surface area contributed by atoms with Crippen LogP contribution in [0.4, 0.5) is 5.69 Å². The highest BCUT2D eigenvalue weighted by Crippen LogP contribution is 2.26. The summed E-state index contributed by atoms with van der Waals surface area (Å²) in [6, 6.07) is 8.76. The molecule has 1 heterocycles. The second-order valence-electron chi connectivity index (χ2n) is 6.68. The van der Waals surface area contributed by atoms with E-state index in [0.717, 1.165) is 19.1 Å². The van der Waals surface area contributed by atoms with Gasteiger partial charge in [0.25, 0.3) is 11.8 Å². The summed E-state index contributed by atoms with van der Waals surface area (Å²) in [5.41, 5.74) is 5.13. The van der Waals surface area contributed by atoms with Gasteiger partial charge in [-0.25, -0.2) is 19.9 Å². The summed E-state index contributed by atoms with van der Waals surface area (Å²) >= 11 is 5.79. The first kappa shape index (κ1) is 22.9. The van der Waals surface area contributed by atoms with Crippen LogP contribution in [0.3, 0.4) is 0 Å². The number of carbonyl (C=O) groups is 5. The third kappa shape index (κ3) is 4.76. The number of methoxy groups -OCH3 is 2. The molecule has 0 radical (unpaired) electrons. The molecule has 0 bridgehead atoms. The van der Waals surface area contributed by atoms with Crippen LogP contribution in [-0.2, 0) is 19.1 Å². The first-order valence-electron chi connectivity index (χ1n) is 9.25. The Morgan fingerprint density at radius 2 is 1.50 bits per heavy atom. The van der Waals surface area contributed by atoms with Gasteiger partial charge in [0.05, 0.1) is 37.5 Å². The lowest BCUT2D eigenvalue weighted by atomic mass is 10.1. The second-order valence-corrected chi connectivity index (χ2v) is 7.12. The van der Waals surface area contributed by atoms with E-state index < -0.39 is 35.7 Å². The number of benzene rings is 2. The summed E-state index contributed by atoms with van der Waals surface area (Å²) in [6.07, 6.45) is -0.254. The zero-order valence-electron chi connectivity index (χ0n) is 17.0. The molecule has 10 nitrogen and oxygen atoms in total. The molecule has 32 heavy (non-hydrogen) atoms. The van der Waals surface area contributed by atoms with Crippen molar-refractivity contribution in [1.82, 2.24) is 10.9 Å². The van der Waals surface area contributed by atoms with Gasteiger partial charge in [0, 0.05) is 10.6 Å². The molecule has 0 aliphatic carbocycles. The van der Waals surface area contributed by atoms with E-state index in [1.807, 2.05) is 0 Å². The summed E-state index contributed by atoms with van der Waals surface area (Å²) in [5, 5.41) is 0.460. The lowest BCUT2D eigenvalue weighted by Gasteiger charge is -2.17. The van der Waals surface area contributed by atoms with Gasteiger partial charge < -0.3 is 9.47 Å². The number of hydrogen-bond acceptors (Lipinski definition) is 8. The number of nitrogens with zero attached hydrogens (tertiary/aromatic N) is 1. The predicted octanol–water partition coefficient (Wildman–Crippen LogP) is 1.48.